The van der Waals surface area contributed by atoms with Gasteiger partial charge in [0, 0.05) is 19.0 Å². The van der Waals surface area contributed by atoms with E-state index in [-0.39, 0.29) is 11.2 Å². The van der Waals surface area contributed by atoms with Gasteiger partial charge in [-0.2, -0.15) is 5.10 Å². The molecule has 2 fully saturated rings. The molecule has 3 aromatic rings. The molecular formula is C27H28FN5O2. The number of oxime groups is 1. The fourth-order valence-electron chi connectivity index (χ4n) is 5.24. The monoisotopic (exact) mass is 473 g/mol. The lowest BCUT2D eigenvalue weighted by Gasteiger charge is -2.41. The number of aromatic nitrogens is 3. The van der Waals surface area contributed by atoms with E-state index in [1.807, 2.05) is 45.0 Å². The summed E-state index contributed by atoms with van der Waals surface area (Å²) in [4.78, 5) is 12.5. The molecule has 0 radical (unpaired) electrons. The first-order valence-corrected chi connectivity index (χ1v) is 11.9. The first-order valence-electron chi connectivity index (χ1n) is 11.9. The summed E-state index contributed by atoms with van der Waals surface area (Å²) in [6.07, 6.45) is 7.12. The maximum atomic E-state index is 14.3. The van der Waals surface area contributed by atoms with Crippen molar-refractivity contribution in [1.29, 1.82) is 0 Å². The smallest absolute Gasteiger partial charge is 0.234 e. The van der Waals surface area contributed by atoms with Crippen LogP contribution in [0, 0.1) is 25.1 Å². The highest BCUT2D eigenvalue weighted by Crippen LogP contribution is 2.57. The van der Waals surface area contributed by atoms with Crippen LogP contribution in [-0.4, -0.2) is 39.2 Å². The summed E-state index contributed by atoms with van der Waals surface area (Å²) in [5, 5.41) is 8.93. The molecule has 2 aliphatic heterocycles. The second kappa shape index (κ2) is 7.66. The fourth-order valence-corrected chi connectivity index (χ4v) is 5.24. The third kappa shape index (κ3) is 3.68. The summed E-state index contributed by atoms with van der Waals surface area (Å²) < 4.78 is 21.7. The van der Waals surface area contributed by atoms with Crippen LogP contribution in [-0.2, 0) is 10.6 Å². The third-order valence-corrected chi connectivity index (χ3v) is 7.36. The van der Waals surface area contributed by atoms with Gasteiger partial charge in [-0.15, -0.1) is 0 Å². The van der Waals surface area contributed by atoms with Crippen LogP contribution in [0.4, 0.5) is 4.39 Å². The van der Waals surface area contributed by atoms with Gasteiger partial charge < -0.3 is 14.5 Å². The van der Waals surface area contributed by atoms with Crippen LogP contribution in [0.15, 0.2) is 53.5 Å². The Bertz CT molecular complexity index is 1370. The van der Waals surface area contributed by atoms with Gasteiger partial charge in [0.2, 0.25) is 5.72 Å². The van der Waals surface area contributed by atoms with E-state index in [0.29, 0.717) is 11.6 Å². The van der Waals surface area contributed by atoms with E-state index in [4.69, 9.17) is 9.57 Å². The molecule has 3 aliphatic rings. The molecule has 1 atom stereocenters. The van der Waals surface area contributed by atoms with E-state index in [1.54, 1.807) is 24.2 Å². The molecule has 1 aromatic heterocycles. The number of hydrogen-bond donors (Lipinski definition) is 0. The van der Waals surface area contributed by atoms with Crippen molar-refractivity contribution in [3.8, 4) is 11.4 Å². The summed E-state index contributed by atoms with van der Waals surface area (Å²) >= 11 is 0. The van der Waals surface area contributed by atoms with Gasteiger partial charge in [0.15, 0.2) is 5.84 Å². The molecule has 2 aromatic carbocycles. The molecule has 0 bridgehead atoms. The average molecular weight is 474 g/mol. The zero-order valence-corrected chi connectivity index (χ0v) is 20.4. The summed E-state index contributed by atoms with van der Waals surface area (Å²) in [7, 11) is 1.66. The fraction of sp³-hybridized carbons (Fsp3) is 0.370. The topological polar surface area (TPSA) is 64.8 Å². The standard InChI is InChI=1S/C27H28FN5O2/c1-17-9-21(13-22(28)10-17)26(3)32-15-27(7-8-27)14-20(25(32)31-35-26)11-19-5-6-23(24(12-19)34-4)33-16-29-18(2)30-33/h5-6,9-13,16H,7-8,14-15H2,1-4H3/b20-11+. The molecule has 180 valence electrons. The minimum atomic E-state index is -0.843. The summed E-state index contributed by atoms with van der Waals surface area (Å²) in [6, 6.07) is 11.1. The maximum Gasteiger partial charge on any atom is 0.234 e. The number of halogens is 1. The number of fused-ring (bicyclic) bond motifs is 1. The number of rotatable bonds is 4. The number of aryl methyl sites for hydroxylation is 2. The minimum absolute atomic E-state index is 0.213. The second-order valence-electron chi connectivity index (χ2n) is 10.1. The van der Waals surface area contributed by atoms with Gasteiger partial charge in [0.1, 0.15) is 29.4 Å². The van der Waals surface area contributed by atoms with Gasteiger partial charge >= 0.3 is 0 Å². The largest absolute Gasteiger partial charge is 0.494 e. The lowest BCUT2D eigenvalue weighted by molar-refractivity contribution is -0.0970. The van der Waals surface area contributed by atoms with Crippen LogP contribution in [0.1, 0.15) is 48.7 Å². The Hall–Kier alpha value is -3.68. The summed E-state index contributed by atoms with van der Waals surface area (Å²) in [6.45, 7) is 6.58. The number of hydrogen-bond acceptors (Lipinski definition) is 6. The maximum absolute atomic E-state index is 14.3. The molecule has 3 heterocycles. The predicted molar refractivity (Wildman–Crippen MR) is 131 cm³/mol. The van der Waals surface area contributed by atoms with Gasteiger partial charge in [-0.1, -0.05) is 11.2 Å². The number of methoxy groups -OCH3 is 1. The summed E-state index contributed by atoms with van der Waals surface area (Å²) in [5.74, 6) is 1.97. The van der Waals surface area contributed by atoms with Crippen LogP contribution in [0.5, 0.6) is 5.75 Å². The Morgan fingerprint density at radius 3 is 2.66 bits per heavy atom. The van der Waals surface area contributed by atoms with Crippen molar-refractivity contribution in [2.24, 2.45) is 10.6 Å². The molecule has 1 spiro atoms. The molecule has 1 unspecified atom stereocenters. The van der Waals surface area contributed by atoms with E-state index >= 15 is 0 Å². The van der Waals surface area contributed by atoms with Gasteiger partial charge in [-0.05, 0) is 91.6 Å². The van der Waals surface area contributed by atoms with Gasteiger partial charge in [-0.3, -0.25) is 0 Å². The molecule has 7 nitrogen and oxygen atoms in total. The molecule has 0 amide bonds. The quantitative estimate of drug-likeness (QED) is 0.526. The van der Waals surface area contributed by atoms with Gasteiger partial charge in [0.05, 0.1) is 7.11 Å². The average Bonchev–Trinajstić information content (AvgIpc) is 3.26. The SMILES string of the molecule is COc1cc(/C=C2\CC3(CC3)CN3C2=NOC3(C)c2cc(C)cc(F)c2)ccc1-n1cnc(C)n1. The number of piperidine rings is 1. The highest BCUT2D eigenvalue weighted by molar-refractivity contribution is 6.04. The Balaban J connectivity index is 1.37. The molecule has 35 heavy (non-hydrogen) atoms. The van der Waals surface area contributed by atoms with Crippen molar-refractivity contribution in [2.45, 2.75) is 45.8 Å². The zero-order valence-electron chi connectivity index (χ0n) is 20.4. The van der Waals surface area contributed by atoms with E-state index in [1.165, 1.54) is 18.9 Å². The Morgan fingerprint density at radius 1 is 1.14 bits per heavy atom. The predicted octanol–water partition coefficient (Wildman–Crippen LogP) is 5.12. The van der Waals surface area contributed by atoms with Crippen molar-refractivity contribution in [1.82, 2.24) is 19.7 Å². The lowest BCUT2D eigenvalue weighted by Crippen LogP contribution is -2.50. The molecule has 1 saturated heterocycles. The van der Waals surface area contributed by atoms with E-state index in [9.17, 15) is 4.39 Å². The highest BCUT2D eigenvalue weighted by atomic mass is 19.1. The normalized spacial score (nSPS) is 23.3. The van der Waals surface area contributed by atoms with Gasteiger partial charge in [-0.25, -0.2) is 14.1 Å². The third-order valence-electron chi connectivity index (χ3n) is 7.36. The Kier molecular flexibility index (Phi) is 4.78. The molecule has 6 rings (SSSR count). The van der Waals surface area contributed by atoms with Gasteiger partial charge in [0.25, 0.3) is 0 Å². The number of nitrogens with zero attached hydrogens (tertiary/aromatic N) is 5. The number of benzene rings is 2. The first kappa shape index (κ1) is 21.8. The molecule has 1 saturated carbocycles. The lowest BCUT2D eigenvalue weighted by atomic mass is 9.86. The molecule has 8 heteroatoms. The van der Waals surface area contributed by atoms with Crippen molar-refractivity contribution in [3.63, 3.8) is 0 Å². The van der Waals surface area contributed by atoms with Crippen molar-refractivity contribution < 1.29 is 14.0 Å². The van der Waals surface area contributed by atoms with Crippen molar-refractivity contribution >= 4 is 11.9 Å². The van der Waals surface area contributed by atoms with Crippen LogP contribution in [0.3, 0.4) is 0 Å². The minimum Gasteiger partial charge on any atom is -0.494 e. The molecule has 1 aliphatic carbocycles. The second-order valence-corrected chi connectivity index (χ2v) is 10.1. The first-order chi connectivity index (χ1) is 16.8. The van der Waals surface area contributed by atoms with E-state index < -0.39 is 5.72 Å². The van der Waals surface area contributed by atoms with Crippen LogP contribution >= 0.6 is 0 Å². The van der Waals surface area contributed by atoms with Crippen LogP contribution in [0.2, 0.25) is 0 Å². The van der Waals surface area contributed by atoms with E-state index in [2.05, 4.69) is 26.2 Å². The Labute approximate surface area is 203 Å². The Morgan fingerprint density at radius 2 is 1.97 bits per heavy atom. The zero-order chi connectivity index (χ0) is 24.4. The highest BCUT2D eigenvalue weighted by Gasteiger charge is 2.56. The van der Waals surface area contributed by atoms with E-state index in [0.717, 1.165) is 46.8 Å². The van der Waals surface area contributed by atoms with Crippen LogP contribution < -0.4 is 4.74 Å². The van der Waals surface area contributed by atoms with Crippen molar-refractivity contribution in [3.05, 3.63) is 76.6 Å². The van der Waals surface area contributed by atoms with Crippen LogP contribution in [0.25, 0.3) is 11.8 Å². The molecular weight excluding hydrogens is 445 g/mol. The number of ether oxygens (including phenoxy) is 1. The number of amidine groups is 1. The molecule has 0 N–H and O–H groups in total. The summed E-state index contributed by atoms with van der Waals surface area (Å²) in [5.41, 5.74) is 3.97. The van der Waals surface area contributed by atoms with Crippen molar-refractivity contribution in [2.75, 3.05) is 13.7 Å².